The Balaban J connectivity index is 0.00000210. The predicted octanol–water partition coefficient (Wildman–Crippen LogP) is 3.91. The molecule has 0 spiro atoms. The number of benzene rings is 1. The van der Waals surface area contributed by atoms with Crippen molar-refractivity contribution in [2.45, 2.75) is 33.1 Å². The zero-order valence-electron chi connectivity index (χ0n) is 16.0. The molecule has 0 bridgehead atoms. The van der Waals surface area contributed by atoms with E-state index in [1.807, 2.05) is 51.1 Å². The van der Waals surface area contributed by atoms with Crippen molar-refractivity contribution in [3.63, 3.8) is 0 Å². The fraction of sp³-hybridized carbons (Fsp3) is 0.316. The zero-order chi connectivity index (χ0) is 19.8. The first-order valence-electron chi connectivity index (χ1n) is 8.57. The Morgan fingerprint density at radius 2 is 1.85 bits per heavy atom. The third kappa shape index (κ3) is 3.64. The van der Waals surface area contributed by atoms with Gasteiger partial charge in [0.15, 0.2) is 5.82 Å². The van der Waals surface area contributed by atoms with Crippen molar-refractivity contribution >= 4 is 17.5 Å². The molecule has 27 heavy (non-hydrogen) atoms. The molecular weight excluding hydrogens is 346 g/mol. The molecule has 146 valence electrons. The van der Waals surface area contributed by atoms with Gasteiger partial charge in [-0.1, -0.05) is 44.1 Å². The molecular formula is C19H27N5O3. The Kier molecular flexibility index (Phi) is 4.65. The van der Waals surface area contributed by atoms with Gasteiger partial charge in [0.2, 0.25) is 0 Å². The van der Waals surface area contributed by atoms with Crippen molar-refractivity contribution in [2.75, 3.05) is 10.6 Å². The lowest BCUT2D eigenvalue weighted by Gasteiger charge is -2.12. The molecule has 0 aliphatic carbocycles. The van der Waals surface area contributed by atoms with E-state index >= 15 is 0 Å². The molecule has 0 saturated carbocycles. The van der Waals surface area contributed by atoms with Crippen LogP contribution in [0.4, 0.5) is 16.3 Å². The van der Waals surface area contributed by atoms with E-state index in [9.17, 15) is 9.59 Å². The highest BCUT2D eigenvalue weighted by Crippen LogP contribution is 2.24. The summed E-state index contributed by atoms with van der Waals surface area (Å²) in [6.07, 6.45) is 0. The van der Waals surface area contributed by atoms with E-state index in [2.05, 4.69) is 15.8 Å². The van der Waals surface area contributed by atoms with Crippen molar-refractivity contribution in [1.82, 2.24) is 14.5 Å². The summed E-state index contributed by atoms with van der Waals surface area (Å²) in [6, 6.07) is 10.3. The highest BCUT2D eigenvalue weighted by atomic mass is 16.5. The van der Waals surface area contributed by atoms with Gasteiger partial charge in [-0.3, -0.25) is 14.8 Å². The van der Waals surface area contributed by atoms with Crippen LogP contribution in [0.3, 0.4) is 0 Å². The number of aromatic nitrogens is 3. The summed E-state index contributed by atoms with van der Waals surface area (Å²) in [7, 11) is 1.76. The molecule has 0 radical (unpaired) electrons. The van der Waals surface area contributed by atoms with Crippen molar-refractivity contribution in [3.8, 4) is 5.69 Å². The van der Waals surface area contributed by atoms with Crippen LogP contribution in [0, 0.1) is 6.92 Å². The molecule has 2 aromatic heterocycles. The number of urea groups is 1. The molecule has 0 aliphatic rings. The smallest absolute Gasteiger partial charge is 0.325 e. The van der Waals surface area contributed by atoms with Gasteiger partial charge in [0.1, 0.15) is 11.4 Å². The molecule has 3 rings (SSSR count). The number of rotatable bonds is 3. The predicted molar refractivity (Wildman–Crippen MR) is 108 cm³/mol. The van der Waals surface area contributed by atoms with Crippen LogP contribution in [-0.4, -0.2) is 20.6 Å². The van der Waals surface area contributed by atoms with Crippen LogP contribution in [0.2, 0.25) is 0 Å². The van der Waals surface area contributed by atoms with Crippen LogP contribution < -0.4 is 16.2 Å². The lowest BCUT2D eigenvalue weighted by atomic mass is 9.93. The number of para-hydroxylation sites is 1. The quantitative estimate of drug-likeness (QED) is 0.728. The van der Waals surface area contributed by atoms with Crippen molar-refractivity contribution in [1.29, 1.82) is 0 Å². The van der Waals surface area contributed by atoms with E-state index in [1.54, 1.807) is 24.7 Å². The number of carbonyl (C=O) groups excluding carboxylic acids is 1. The number of anilines is 2. The van der Waals surface area contributed by atoms with E-state index < -0.39 is 6.03 Å². The van der Waals surface area contributed by atoms with Crippen LogP contribution in [0.5, 0.6) is 0 Å². The average Bonchev–Trinajstić information content (AvgIpc) is 3.15. The minimum absolute atomic E-state index is 0. The van der Waals surface area contributed by atoms with E-state index in [-0.39, 0.29) is 25.3 Å². The highest BCUT2D eigenvalue weighted by Gasteiger charge is 2.22. The maximum Gasteiger partial charge on any atom is 0.325 e. The van der Waals surface area contributed by atoms with Gasteiger partial charge in [-0.05, 0) is 19.1 Å². The summed E-state index contributed by atoms with van der Waals surface area (Å²) in [4.78, 5) is 25.1. The Morgan fingerprint density at radius 1 is 1.19 bits per heavy atom. The minimum atomic E-state index is -0.560. The van der Waals surface area contributed by atoms with E-state index in [0.717, 1.165) is 0 Å². The zero-order valence-corrected chi connectivity index (χ0v) is 16.0. The molecule has 8 nitrogen and oxygen atoms in total. The summed E-state index contributed by atoms with van der Waals surface area (Å²) in [5.41, 5.74) is 1.02. The van der Waals surface area contributed by atoms with Crippen LogP contribution in [0.1, 0.15) is 35.1 Å². The normalized spacial score (nSPS) is 11.4. The van der Waals surface area contributed by atoms with Gasteiger partial charge in [-0.15, -0.1) is 0 Å². The van der Waals surface area contributed by atoms with E-state index in [4.69, 9.17) is 4.52 Å². The lowest BCUT2D eigenvalue weighted by molar-refractivity contribution is 0.261. The first-order valence-corrected chi connectivity index (χ1v) is 8.57. The maximum absolute atomic E-state index is 12.8. The number of hydrogen-bond donors (Lipinski definition) is 2. The number of amides is 2. The molecule has 2 amide bonds. The Hall–Kier alpha value is -3.29. The second-order valence-corrected chi connectivity index (χ2v) is 7.34. The summed E-state index contributed by atoms with van der Waals surface area (Å²) in [5.74, 6) is 0.939. The molecule has 0 atom stereocenters. The van der Waals surface area contributed by atoms with Gasteiger partial charge in [0.05, 0.1) is 11.4 Å². The van der Waals surface area contributed by atoms with Crippen LogP contribution in [0.15, 0.2) is 45.7 Å². The van der Waals surface area contributed by atoms with Crippen LogP contribution in [-0.2, 0) is 12.5 Å². The first-order chi connectivity index (χ1) is 12.7. The Labute approximate surface area is 159 Å². The van der Waals surface area contributed by atoms with Gasteiger partial charge < -0.3 is 9.84 Å². The summed E-state index contributed by atoms with van der Waals surface area (Å²) in [5, 5.41) is 9.06. The molecule has 0 aliphatic heterocycles. The fourth-order valence-electron chi connectivity index (χ4n) is 2.66. The fourth-order valence-corrected chi connectivity index (χ4v) is 2.66. The second-order valence-electron chi connectivity index (χ2n) is 7.34. The molecule has 2 heterocycles. The van der Waals surface area contributed by atoms with Gasteiger partial charge >= 0.3 is 6.03 Å². The molecule has 0 fully saturated rings. The van der Waals surface area contributed by atoms with Crippen molar-refractivity contribution < 1.29 is 12.2 Å². The molecule has 8 heteroatoms. The first kappa shape index (κ1) is 18.5. The van der Waals surface area contributed by atoms with Crippen molar-refractivity contribution in [3.05, 3.63) is 58.2 Å². The topological polar surface area (TPSA) is 94.1 Å². The SMILES string of the molecule is Cc1c(NC(=O)Nc2cc(C(C)(C)C)on2)c(=O)n(-c2ccccc2)n1C.[HH].[HH]. The average molecular weight is 373 g/mol. The highest BCUT2D eigenvalue weighted by molar-refractivity contribution is 5.99. The monoisotopic (exact) mass is 373 g/mol. The minimum Gasteiger partial charge on any atom is -0.359 e. The third-order valence-electron chi connectivity index (χ3n) is 4.28. The standard InChI is InChI=1S/C19H23N5O3.2H2/c1-12-16(17(25)24(23(12)5)13-9-7-6-8-10-13)21-18(26)20-15-11-14(27-22-15)19(2,3)4;;/h6-11H,1-5H3,(H2,20,21,22,26);2*1H. The molecule has 1 aromatic carbocycles. The third-order valence-corrected chi connectivity index (χ3v) is 4.28. The summed E-state index contributed by atoms with van der Waals surface area (Å²) < 4.78 is 8.44. The molecule has 0 saturated heterocycles. The van der Waals surface area contributed by atoms with Crippen LogP contribution in [0.25, 0.3) is 5.69 Å². The van der Waals surface area contributed by atoms with Gasteiger partial charge in [-0.2, -0.15) is 0 Å². The van der Waals surface area contributed by atoms with E-state index in [1.165, 1.54) is 4.68 Å². The largest absolute Gasteiger partial charge is 0.359 e. The summed E-state index contributed by atoms with van der Waals surface area (Å²) in [6.45, 7) is 7.72. The van der Waals surface area contributed by atoms with Crippen LogP contribution >= 0.6 is 0 Å². The van der Waals surface area contributed by atoms with Gasteiger partial charge in [-0.25, -0.2) is 9.48 Å². The number of nitrogens with zero attached hydrogens (tertiary/aromatic N) is 3. The maximum atomic E-state index is 12.8. The van der Waals surface area contributed by atoms with Gasteiger partial charge in [0, 0.05) is 21.4 Å². The second kappa shape index (κ2) is 6.79. The molecule has 0 unspecified atom stereocenters. The Bertz CT molecular complexity index is 1030. The number of nitrogens with one attached hydrogen (secondary N) is 2. The molecule has 2 N–H and O–H groups in total. The number of hydrogen-bond acceptors (Lipinski definition) is 4. The van der Waals surface area contributed by atoms with Gasteiger partial charge in [0.25, 0.3) is 5.56 Å². The summed E-state index contributed by atoms with van der Waals surface area (Å²) >= 11 is 0. The Morgan fingerprint density at radius 3 is 2.44 bits per heavy atom. The number of carbonyl (C=O) groups is 1. The van der Waals surface area contributed by atoms with E-state index in [0.29, 0.717) is 17.1 Å². The van der Waals surface area contributed by atoms with Crippen molar-refractivity contribution in [2.24, 2.45) is 7.05 Å². The lowest BCUT2D eigenvalue weighted by Crippen LogP contribution is -2.25. The molecule has 3 aromatic rings.